The molecule has 0 saturated heterocycles. The molecule has 8 rings (SSSR count). The second-order valence-electron chi connectivity index (χ2n) is 11.0. The molecule has 0 atom stereocenters. The Balaban J connectivity index is 1.24. The zero-order valence-corrected chi connectivity index (χ0v) is 24.1. The van der Waals surface area contributed by atoms with E-state index < -0.39 is 0 Å². The number of anilines is 3. The van der Waals surface area contributed by atoms with Gasteiger partial charge in [0.2, 0.25) is 0 Å². The van der Waals surface area contributed by atoms with Crippen molar-refractivity contribution in [2.45, 2.75) is 0 Å². The summed E-state index contributed by atoms with van der Waals surface area (Å²) >= 11 is 0. The third-order valence-electron chi connectivity index (χ3n) is 8.25. The topological polar surface area (TPSA) is 16.4 Å². The molecule has 1 aromatic heterocycles. The fourth-order valence-electron chi connectivity index (χ4n) is 6.08. The fraction of sp³-hybridized carbons (Fsp3) is 0. The Hall–Kier alpha value is -5.86. The molecular weight excluding hydrogens is 534 g/mol. The minimum absolute atomic E-state index is 0.861. The molecular formula is C42H29NO. The van der Waals surface area contributed by atoms with E-state index in [4.69, 9.17) is 4.42 Å². The van der Waals surface area contributed by atoms with Gasteiger partial charge in [0.05, 0.1) is 0 Å². The van der Waals surface area contributed by atoms with E-state index in [1.165, 1.54) is 33.0 Å². The van der Waals surface area contributed by atoms with Crippen molar-refractivity contribution < 1.29 is 4.42 Å². The van der Waals surface area contributed by atoms with Gasteiger partial charge in [0.1, 0.15) is 11.3 Å². The molecule has 208 valence electrons. The van der Waals surface area contributed by atoms with Gasteiger partial charge >= 0.3 is 0 Å². The van der Waals surface area contributed by atoms with Crippen LogP contribution in [-0.2, 0) is 0 Å². The first-order valence-corrected chi connectivity index (χ1v) is 14.9. The standard InChI is InChI=1S/C42H29NO/c1-2-12-31(13-3-1)39-18-7-8-19-40(39)32-22-24-36(25-23-32)43(38-26-21-30-11-4-5-14-33(30)27-38)37-17-10-16-34(28-37)42-29-35-15-6-9-20-41(35)44-42/h1-29H. The molecule has 0 aliphatic heterocycles. The van der Waals surface area contributed by atoms with Crippen LogP contribution in [0.5, 0.6) is 0 Å². The van der Waals surface area contributed by atoms with Crippen LogP contribution in [0.1, 0.15) is 0 Å². The van der Waals surface area contributed by atoms with Crippen molar-refractivity contribution in [3.05, 3.63) is 176 Å². The molecule has 0 aliphatic carbocycles. The number of fused-ring (bicyclic) bond motifs is 2. The number of para-hydroxylation sites is 1. The van der Waals surface area contributed by atoms with Crippen LogP contribution < -0.4 is 4.90 Å². The summed E-state index contributed by atoms with van der Waals surface area (Å²) in [6.07, 6.45) is 0. The summed E-state index contributed by atoms with van der Waals surface area (Å²) in [4.78, 5) is 2.32. The van der Waals surface area contributed by atoms with E-state index in [0.717, 1.165) is 39.4 Å². The smallest absolute Gasteiger partial charge is 0.135 e. The van der Waals surface area contributed by atoms with E-state index in [9.17, 15) is 0 Å². The second-order valence-corrected chi connectivity index (χ2v) is 11.0. The third kappa shape index (κ3) is 4.83. The van der Waals surface area contributed by atoms with Gasteiger partial charge in [-0.3, -0.25) is 0 Å². The summed E-state index contributed by atoms with van der Waals surface area (Å²) in [6.45, 7) is 0. The Bertz CT molecular complexity index is 2190. The highest BCUT2D eigenvalue weighted by molar-refractivity contribution is 5.91. The average Bonchev–Trinajstić information content (AvgIpc) is 3.54. The van der Waals surface area contributed by atoms with Crippen molar-refractivity contribution in [2.24, 2.45) is 0 Å². The molecule has 2 heteroatoms. The molecule has 0 radical (unpaired) electrons. The SMILES string of the molecule is c1ccc(-c2ccccc2-c2ccc(N(c3cccc(-c4cc5ccccc5o4)c3)c3ccc4ccccc4c3)cc2)cc1. The highest BCUT2D eigenvalue weighted by Gasteiger charge is 2.16. The van der Waals surface area contributed by atoms with Crippen LogP contribution in [0.15, 0.2) is 180 Å². The number of furan rings is 1. The van der Waals surface area contributed by atoms with Crippen molar-refractivity contribution in [1.29, 1.82) is 0 Å². The van der Waals surface area contributed by atoms with E-state index in [-0.39, 0.29) is 0 Å². The number of rotatable bonds is 6. The van der Waals surface area contributed by atoms with E-state index >= 15 is 0 Å². The van der Waals surface area contributed by atoms with E-state index in [0.29, 0.717) is 0 Å². The molecule has 0 unspecified atom stereocenters. The highest BCUT2D eigenvalue weighted by atomic mass is 16.3. The Kier molecular flexibility index (Phi) is 6.51. The van der Waals surface area contributed by atoms with Crippen molar-refractivity contribution in [3.63, 3.8) is 0 Å². The first kappa shape index (κ1) is 25.8. The van der Waals surface area contributed by atoms with Crippen molar-refractivity contribution >= 4 is 38.8 Å². The maximum atomic E-state index is 6.25. The largest absolute Gasteiger partial charge is 0.456 e. The predicted octanol–water partition coefficient (Wildman–Crippen LogP) is 12.1. The first-order valence-electron chi connectivity index (χ1n) is 14.9. The molecule has 0 aliphatic rings. The molecule has 0 saturated carbocycles. The molecule has 44 heavy (non-hydrogen) atoms. The van der Waals surface area contributed by atoms with Gasteiger partial charge in [-0.25, -0.2) is 0 Å². The predicted molar refractivity (Wildman–Crippen MR) is 185 cm³/mol. The maximum absolute atomic E-state index is 6.25. The van der Waals surface area contributed by atoms with Crippen LogP contribution in [0, 0.1) is 0 Å². The normalized spacial score (nSPS) is 11.2. The Labute approximate surface area is 257 Å². The highest BCUT2D eigenvalue weighted by Crippen LogP contribution is 2.40. The van der Waals surface area contributed by atoms with Gasteiger partial charge in [-0.05, 0) is 81.6 Å². The lowest BCUT2D eigenvalue weighted by molar-refractivity contribution is 0.631. The summed E-state index contributed by atoms with van der Waals surface area (Å²) in [5.41, 5.74) is 10.0. The van der Waals surface area contributed by atoms with Crippen molar-refractivity contribution in [1.82, 2.24) is 0 Å². The van der Waals surface area contributed by atoms with Crippen LogP contribution in [0.2, 0.25) is 0 Å². The summed E-state index contributed by atoms with van der Waals surface area (Å²) in [6, 6.07) is 62.2. The molecule has 7 aromatic carbocycles. The minimum atomic E-state index is 0.861. The molecule has 0 bridgehead atoms. The summed E-state index contributed by atoms with van der Waals surface area (Å²) < 4.78 is 6.25. The van der Waals surface area contributed by atoms with Crippen LogP contribution in [0.3, 0.4) is 0 Å². The fourth-order valence-corrected chi connectivity index (χ4v) is 6.08. The van der Waals surface area contributed by atoms with Gasteiger partial charge < -0.3 is 9.32 Å². The first-order chi connectivity index (χ1) is 21.8. The average molecular weight is 564 g/mol. The zero-order valence-electron chi connectivity index (χ0n) is 24.1. The van der Waals surface area contributed by atoms with Crippen LogP contribution >= 0.6 is 0 Å². The molecule has 1 heterocycles. The van der Waals surface area contributed by atoms with Gasteiger partial charge in [0.25, 0.3) is 0 Å². The number of benzene rings is 7. The lowest BCUT2D eigenvalue weighted by atomic mass is 9.94. The molecule has 0 fully saturated rings. The van der Waals surface area contributed by atoms with Crippen molar-refractivity contribution in [3.8, 4) is 33.6 Å². The quantitative estimate of drug-likeness (QED) is 0.200. The summed E-state index contributed by atoms with van der Waals surface area (Å²) in [5.74, 6) is 0.861. The number of hydrogen-bond acceptors (Lipinski definition) is 2. The molecule has 8 aromatic rings. The molecule has 0 spiro atoms. The minimum Gasteiger partial charge on any atom is -0.456 e. The summed E-state index contributed by atoms with van der Waals surface area (Å²) in [7, 11) is 0. The molecule has 0 N–H and O–H groups in total. The Morgan fingerprint density at radius 1 is 0.341 bits per heavy atom. The van der Waals surface area contributed by atoms with Crippen LogP contribution in [0.4, 0.5) is 17.1 Å². The van der Waals surface area contributed by atoms with E-state index in [2.05, 4.69) is 163 Å². The van der Waals surface area contributed by atoms with Crippen LogP contribution in [-0.4, -0.2) is 0 Å². The van der Waals surface area contributed by atoms with Gasteiger partial charge in [0, 0.05) is 28.0 Å². The number of hydrogen-bond donors (Lipinski definition) is 0. The third-order valence-corrected chi connectivity index (χ3v) is 8.25. The van der Waals surface area contributed by atoms with Gasteiger partial charge in [0.15, 0.2) is 0 Å². The van der Waals surface area contributed by atoms with Crippen LogP contribution in [0.25, 0.3) is 55.3 Å². The van der Waals surface area contributed by atoms with E-state index in [1.54, 1.807) is 0 Å². The lowest BCUT2D eigenvalue weighted by Crippen LogP contribution is -2.10. The number of nitrogens with zero attached hydrogens (tertiary/aromatic N) is 1. The van der Waals surface area contributed by atoms with Gasteiger partial charge in [-0.1, -0.05) is 127 Å². The zero-order chi connectivity index (χ0) is 29.3. The molecule has 0 amide bonds. The molecule has 2 nitrogen and oxygen atoms in total. The van der Waals surface area contributed by atoms with E-state index in [1.807, 2.05) is 18.2 Å². The van der Waals surface area contributed by atoms with Gasteiger partial charge in [-0.2, -0.15) is 0 Å². The monoisotopic (exact) mass is 563 g/mol. The van der Waals surface area contributed by atoms with Crippen molar-refractivity contribution in [2.75, 3.05) is 4.90 Å². The second kappa shape index (κ2) is 11.1. The Morgan fingerprint density at radius 3 is 1.70 bits per heavy atom. The Morgan fingerprint density at radius 2 is 0.932 bits per heavy atom. The maximum Gasteiger partial charge on any atom is 0.135 e. The lowest BCUT2D eigenvalue weighted by Gasteiger charge is -2.26. The summed E-state index contributed by atoms with van der Waals surface area (Å²) in [5, 5.41) is 3.53. The van der Waals surface area contributed by atoms with Gasteiger partial charge in [-0.15, -0.1) is 0 Å².